The van der Waals surface area contributed by atoms with Gasteiger partial charge in [0, 0.05) is 13.5 Å². The molecule has 3 rings (SSSR count). The maximum atomic E-state index is 12.8. The van der Waals surface area contributed by atoms with Crippen molar-refractivity contribution in [1.29, 1.82) is 0 Å². The summed E-state index contributed by atoms with van der Waals surface area (Å²) in [4.78, 5) is 39.9. The highest BCUT2D eigenvalue weighted by Crippen LogP contribution is 2.25. The summed E-state index contributed by atoms with van der Waals surface area (Å²) in [6, 6.07) is 17.9. The average molecular weight is 336 g/mol. The quantitative estimate of drug-likeness (QED) is 0.788. The molecule has 1 fully saturated rings. The SMILES string of the molecule is CC(=O)N(CCc1ccccc1)[C@H]1CC(=O)N(c2ccccc2)C1=O. The summed E-state index contributed by atoms with van der Waals surface area (Å²) in [7, 11) is 0. The molecule has 2 aromatic rings. The van der Waals surface area contributed by atoms with Gasteiger partial charge in [-0.15, -0.1) is 0 Å². The standard InChI is InChI=1S/C20H20N2O3/c1-15(23)21(13-12-16-8-4-2-5-9-16)18-14-19(24)22(20(18)25)17-10-6-3-7-11-17/h2-11,18H,12-14H2,1H3/t18-/m0/s1. The number of para-hydroxylation sites is 1. The van der Waals surface area contributed by atoms with E-state index in [1.54, 1.807) is 24.3 Å². The van der Waals surface area contributed by atoms with Gasteiger partial charge in [0.1, 0.15) is 6.04 Å². The molecule has 1 aliphatic rings. The van der Waals surface area contributed by atoms with Crippen molar-refractivity contribution in [2.45, 2.75) is 25.8 Å². The molecule has 1 aliphatic heterocycles. The molecule has 0 aromatic heterocycles. The van der Waals surface area contributed by atoms with Crippen LogP contribution in [0.25, 0.3) is 0 Å². The van der Waals surface area contributed by atoms with Crippen LogP contribution >= 0.6 is 0 Å². The van der Waals surface area contributed by atoms with Crippen molar-refractivity contribution >= 4 is 23.4 Å². The average Bonchev–Trinajstić information content (AvgIpc) is 2.91. The van der Waals surface area contributed by atoms with E-state index in [-0.39, 0.29) is 24.1 Å². The lowest BCUT2D eigenvalue weighted by Gasteiger charge is -2.26. The van der Waals surface area contributed by atoms with Crippen LogP contribution in [0.3, 0.4) is 0 Å². The van der Waals surface area contributed by atoms with Crippen molar-refractivity contribution in [2.24, 2.45) is 0 Å². The third-order valence-electron chi connectivity index (χ3n) is 4.40. The Hall–Kier alpha value is -2.95. The Bertz CT molecular complexity index is 774. The zero-order valence-electron chi connectivity index (χ0n) is 14.1. The Morgan fingerprint density at radius 3 is 2.24 bits per heavy atom. The normalized spacial score (nSPS) is 17.0. The highest BCUT2D eigenvalue weighted by Gasteiger charge is 2.43. The minimum atomic E-state index is -0.728. The molecule has 0 radical (unpaired) electrons. The third kappa shape index (κ3) is 3.60. The zero-order chi connectivity index (χ0) is 17.8. The maximum Gasteiger partial charge on any atom is 0.257 e. The molecule has 1 atom stereocenters. The molecule has 0 aliphatic carbocycles. The molecule has 128 valence electrons. The molecule has 0 saturated carbocycles. The summed E-state index contributed by atoms with van der Waals surface area (Å²) in [6.07, 6.45) is 0.672. The van der Waals surface area contributed by atoms with Crippen LogP contribution in [0.1, 0.15) is 18.9 Å². The van der Waals surface area contributed by atoms with Crippen molar-refractivity contribution in [3.05, 3.63) is 66.2 Å². The largest absolute Gasteiger partial charge is 0.330 e. The Balaban J connectivity index is 1.77. The van der Waals surface area contributed by atoms with Gasteiger partial charge in [0.15, 0.2) is 0 Å². The van der Waals surface area contributed by atoms with Crippen LogP contribution in [0.5, 0.6) is 0 Å². The van der Waals surface area contributed by atoms with Crippen LogP contribution in [-0.2, 0) is 20.8 Å². The molecular weight excluding hydrogens is 316 g/mol. The van der Waals surface area contributed by atoms with Crippen LogP contribution in [0.15, 0.2) is 60.7 Å². The van der Waals surface area contributed by atoms with E-state index in [0.717, 1.165) is 5.56 Å². The van der Waals surface area contributed by atoms with Gasteiger partial charge in [0.25, 0.3) is 5.91 Å². The first-order valence-corrected chi connectivity index (χ1v) is 8.31. The fourth-order valence-electron chi connectivity index (χ4n) is 3.13. The molecule has 1 heterocycles. The first kappa shape index (κ1) is 16.9. The van der Waals surface area contributed by atoms with E-state index in [1.165, 1.54) is 16.7 Å². The van der Waals surface area contributed by atoms with Crippen molar-refractivity contribution in [3.63, 3.8) is 0 Å². The van der Waals surface area contributed by atoms with Gasteiger partial charge in [-0.25, -0.2) is 4.90 Å². The highest BCUT2D eigenvalue weighted by molar-refractivity contribution is 6.22. The highest BCUT2D eigenvalue weighted by atomic mass is 16.2. The number of imide groups is 1. The van der Waals surface area contributed by atoms with Crippen molar-refractivity contribution in [3.8, 4) is 0 Å². The number of rotatable bonds is 5. The van der Waals surface area contributed by atoms with Crippen molar-refractivity contribution in [2.75, 3.05) is 11.4 Å². The summed E-state index contributed by atoms with van der Waals surface area (Å²) < 4.78 is 0. The van der Waals surface area contributed by atoms with Crippen LogP contribution in [0.2, 0.25) is 0 Å². The van der Waals surface area contributed by atoms with E-state index >= 15 is 0 Å². The number of benzene rings is 2. The summed E-state index contributed by atoms with van der Waals surface area (Å²) >= 11 is 0. The molecule has 25 heavy (non-hydrogen) atoms. The third-order valence-corrected chi connectivity index (χ3v) is 4.40. The van der Waals surface area contributed by atoms with Gasteiger partial charge in [0.05, 0.1) is 12.1 Å². The Labute approximate surface area is 146 Å². The zero-order valence-corrected chi connectivity index (χ0v) is 14.1. The molecule has 1 saturated heterocycles. The molecule has 0 N–H and O–H groups in total. The van der Waals surface area contributed by atoms with E-state index in [1.807, 2.05) is 36.4 Å². The van der Waals surface area contributed by atoms with Crippen LogP contribution in [0.4, 0.5) is 5.69 Å². The Morgan fingerprint density at radius 2 is 1.64 bits per heavy atom. The predicted molar refractivity (Wildman–Crippen MR) is 94.9 cm³/mol. The van der Waals surface area contributed by atoms with Gasteiger partial charge < -0.3 is 4.90 Å². The molecular formula is C20H20N2O3. The number of anilines is 1. The van der Waals surface area contributed by atoms with E-state index in [4.69, 9.17) is 0 Å². The monoisotopic (exact) mass is 336 g/mol. The van der Waals surface area contributed by atoms with Crippen molar-refractivity contribution < 1.29 is 14.4 Å². The summed E-state index contributed by atoms with van der Waals surface area (Å²) in [5.41, 5.74) is 1.64. The predicted octanol–water partition coefficient (Wildman–Crippen LogP) is 2.41. The van der Waals surface area contributed by atoms with E-state index < -0.39 is 6.04 Å². The van der Waals surface area contributed by atoms with Gasteiger partial charge in [-0.1, -0.05) is 48.5 Å². The second-order valence-corrected chi connectivity index (χ2v) is 6.07. The smallest absolute Gasteiger partial charge is 0.257 e. The number of hydrogen-bond acceptors (Lipinski definition) is 3. The fourth-order valence-corrected chi connectivity index (χ4v) is 3.13. The number of nitrogens with zero attached hydrogens (tertiary/aromatic N) is 2. The number of carbonyl (C=O) groups is 3. The summed E-state index contributed by atoms with van der Waals surface area (Å²) in [6.45, 7) is 1.85. The Kier molecular flexibility index (Phi) is 4.93. The first-order valence-electron chi connectivity index (χ1n) is 8.31. The number of hydrogen-bond donors (Lipinski definition) is 0. The van der Waals surface area contributed by atoms with Crippen molar-refractivity contribution in [1.82, 2.24) is 4.90 Å². The lowest BCUT2D eigenvalue weighted by atomic mass is 10.1. The summed E-state index contributed by atoms with van der Waals surface area (Å²) in [5, 5.41) is 0. The van der Waals surface area contributed by atoms with E-state index in [0.29, 0.717) is 18.7 Å². The lowest BCUT2D eigenvalue weighted by molar-refractivity contribution is -0.136. The van der Waals surface area contributed by atoms with Gasteiger partial charge in [-0.05, 0) is 24.1 Å². The van der Waals surface area contributed by atoms with Crippen LogP contribution in [0, 0.1) is 0 Å². The second kappa shape index (κ2) is 7.30. The molecule has 0 bridgehead atoms. The lowest BCUT2D eigenvalue weighted by Crippen LogP contribution is -2.45. The van der Waals surface area contributed by atoms with Gasteiger partial charge in [0.2, 0.25) is 11.8 Å². The molecule has 5 heteroatoms. The summed E-state index contributed by atoms with van der Waals surface area (Å²) in [5.74, 6) is -0.802. The molecule has 2 aromatic carbocycles. The van der Waals surface area contributed by atoms with Gasteiger partial charge in [-0.3, -0.25) is 14.4 Å². The fraction of sp³-hybridized carbons (Fsp3) is 0.250. The van der Waals surface area contributed by atoms with Gasteiger partial charge in [-0.2, -0.15) is 0 Å². The van der Waals surface area contributed by atoms with Gasteiger partial charge >= 0.3 is 0 Å². The number of amides is 3. The van der Waals surface area contributed by atoms with E-state index in [9.17, 15) is 14.4 Å². The topological polar surface area (TPSA) is 57.7 Å². The Morgan fingerprint density at radius 1 is 1.04 bits per heavy atom. The second-order valence-electron chi connectivity index (χ2n) is 6.07. The molecule has 0 spiro atoms. The maximum absolute atomic E-state index is 12.8. The minimum Gasteiger partial charge on any atom is -0.330 e. The molecule has 5 nitrogen and oxygen atoms in total. The number of carbonyl (C=O) groups excluding carboxylic acids is 3. The first-order chi connectivity index (χ1) is 12.1. The minimum absolute atomic E-state index is 0.0299. The van der Waals surface area contributed by atoms with Crippen LogP contribution in [-0.4, -0.2) is 35.2 Å². The van der Waals surface area contributed by atoms with E-state index in [2.05, 4.69) is 0 Å². The molecule has 0 unspecified atom stereocenters. The molecule has 3 amide bonds. The van der Waals surface area contributed by atoms with Crippen LogP contribution < -0.4 is 4.90 Å².